The van der Waals surface area contributed by atoms with Crippen LogP contribution < -0.4 is 20.9 Å². The number of nitrogens with one attached hydrogen (secondary N) is 1. The number of ether oxygens (including phenoxy) is 1. The van der Waals surface area contributed by atoms with Gasteiger partial charge in [0.2, 0.25) is 0 Å². The van der Waals surface area contributed by atoms with Crippen LogP contribution in [0.25, 0.3) is 0 Å². The molecule has 3 N–H and O–H groups in total. The fourth-order valence-electron chi connectivity index (χ4n) is 1.84. The van der Waals surface area contributed by atoms with E-state index in [1.54, 1.807) is 43.3 Å². The first-order valence-corrected chi connectivity index (χ1v) is 6.14. The SMILES string of the molecule is COc1cccc(N(C)C(=O)c2ccc(NN)cc2)c1. The van der Waals surface area contributed by atoms with Crippen LogP contribution in [-0.4, -0.2) is 20.1 Å². The van der Waals surface area contributed by atoms with Crippen molar-refractivity contribution < 1.29 is 9.53 Å². The highest BCUT2D eigenvalue weighted by atomic mass is 16.5. The maximum Gasteiger partial charge on any atom is 0.258 e. The molecule has 0 aliphatic rings. The number of nitrogens with zero attached hydrogens (tertiary/aromatic N) is 1. The summed E-state index contributed by atoms with van der Waals surface area (Å²) in [6.45, 7) is 0. The van der Waals surface area contributed by atoms with Gasteiger partial charge in [-0.2, -0.15) is 0 Å². The highest BCUT2D eigenvalue weighted by molar-refractivity contribution is 6.05. The van der Waals surface area contributed by atoms with Gasteiger partial charge in [-0.05, 0) is 36.4 Å². The Kier molecular flexibility index (Phi) is 4.22. The number of nitrogens with two attached hydrogens (primary N) is 1. The first-order chi connectivity index (χ1) is 9.65. The molecule has 0 radical (unpaired) electrons. The second-order valence-electron chi connectivity index (χ2n) is 4.29. The minimum Gasteiger partial charge on any atom is -0.497 e. The fourth-order valence-corrected chi connectivity index (χ4v) is 1.84. The van der Waals surface area contributed by atoms with E-state index >= 15 is 0 Å². The molecule has 0 bridgehead atoms. The third-order valence-electron chi connectivity index (χ3n) is 3.04. The Balaban J connectivity index is 2.22. The summed E-state index contributed by atoms with van der Waals surface area (Å²) in [5.41, 5.74) is 4.65. The third kappa shape index (κ3) is 2.89. The minimum absolute atomic E-state index is 0.0955. The second-order valence-corrected chi connectivity index (χ2v) is 4.29. The van der Waals surface area contributed by atoms with Gasteiger partial charge in [0.25, 0.3) is 5.91 Å². The van der Waals surface area contributed by atoms with Crippen molar-refractivity contribution in [2.45, 2.75) is 0 Å². The van der Waals surface area contributed by atoms with Gasteiger partial charge in [0.05, 0.1) is 7.11 Å². The van der Waals surface area contributed by atoms with Gasteiger partial charge >= 0.3 is 0 Å². The number of anilines is 2. The van der Waals surface area contributed by atoms with Gasteiger partial charge in [0, 0.05) is 30.1 Å². The van der Waals surface area contributed by atoms with E-state index in [4.69, 9.17) is 10.6 Å². The van der Waals surface area contributed by atoms with Gasteiger partial charge < -0.3 is 15.1 Å². The van der Waals surface area contributed by atoms with Crippen molar-refractivity contribution >= 4 is 17.3 Å². The standard InChI is InChI=1S/C15H17N3O2/c1-18(13-4-3-5-14(10-13)20-2)15(19)11-6-8-12(17-16)9-7-11/h3-10,17H,16H2,1-2H3. The Bertz CT molecular complexity index is 596. The van der Waals surface area contributed by atoms with Crippen molar-refractivity contribution in [2.24, 2.45) is 5.84 Å². The Labute approximate surface area is 117 Å². The fraction of sp³-hybridized carbons (Fsp3) is 0.133. The summed E-state index contributed by atoms with van der Waals surface area (Å²) in [6, 6.07) is 14.3. The molecule has 0 fully saturated rings. The third-order valence-corrected chi connectivity index (χ3v) is 3.04. The number of hydrazine groups is 1. The number of benzene rings is 2. The van der Waals surface area contributed by atoms with Gasteiger partial charge in [-0.3, -0.25) is 10.6 Å². The van der Waals surface area contributed by atoms with E-state index in [1.807, 2.05) is 24.3 Å². The predicted molar refractivity (Wildman–Crippen MR) is 80.0 cm³/mol. The number of amides is 1. The average molecular weight is 271 g/mol. The first kappa shape index (κ1) is 13.9. The zero-order valence-electron chi connectivity index (χ0n) is 11.5. The van der Waals surface area contributed by atoms with Gasteiger partial charge in [0.15, 0.2) is 0 Å². The molecule has 2 rings (SSSR count). The summed E-state index contributed by atoms with van der Waals surface area (Å²) in [7, 11) is 3.33. The first-order valence-electron chi connectivity index (χ1n) is 6.14. The molecule has 1 amide bonds. The second kappa shape index (κ2) is 6.08. The molecule has 20 heavy (non-hydrogen) atoms. The smallest absolute Gasteiger partial charge is 0.258 e. The van der Waals surface area contributed by atoms with E-state index in [1.165, 1.54) is 0 Å². The molecule has 104 valence electrons. The maximum atomic E-state index is 12.4. The van der Waals surface area contributed by atoms with E-state index in [-0.39, 0.29) is 5.91 Å². The van der Waals surface area contributed by atoms with E-state index in [2.05, 4.69) is 5.43 Å². The highest BCUT2D eigenvalue weighted by Gasteiger charge is 2.13. The lowest BCUT2D eigenvalue weighted by Gasteiger charge is -2.18. The lowest BCUT2D eigenvalue weighted by atomic mass is 10.1. The Hall–Kier alpha value is -2.53. The molecular weight excluding hydrogens is 254 g/mol. The van der Waals surface area contributed by atoms with Crippen molar-refractivity contribution in [1.82, 2.24) is 0 Å². The van der Waals surface area contributed by atoms with E-state index in [0.29, 0.717) is 11.3 Å². The number of methoxy groups -OCH3 is 1. The Morgan fingerprint density at radius 1 is 1.20 bits per heavy atom. The zero-order chi connectivity index (χ0) is 14.5. The van der Waals surface area contributed by atoms with Gasteiger partial charge in [-0.1, -0.05) is 6.07 Å². The number of carbonyl (C=O) groups is 1. The Morgan fingerprint density at radius 3 is 2.50 bits per heavy atom. The van der Waals surface area contributed by atoms with Crippen molar-refractivity contribution in [3.63, 3.8) is 0 Å². The van der Waals surface area contributed by atoms with E-state index in [9.17, 15) is 4.79 Å². The Morgan fingerprint density at radius 2 is 1.90 bits per heavy atom. The molecule has 0 saturated carbocycles. The quantitative estimate of drug-likeness (QED) is 0.661. The summed E-state index contributed by atoms with van der Waals surface area (Å²) in [4.78, 5) is 14.0. The summed E-state index contributed by atoms with van der Waals surface area (Å²) in [6.07, 6.45) is 0. The predicted octanol–water partition coefficient (Wildman–Crippen LogP) is 2.26. The molecule has 0 aliphatic heterocycles. The topological polar surface area (TPSA) is 67.6 Å². The van der Waals surface area contributed by atoms with Crippen LogP contribution in [-0.2, 0) is 0 Å². The molecule has 0 atom stereocenters. The van der Waals surface area contributed by atoms with Crippen molar-refractivity contribution in [3.05, 3.63) is 54.1 Å². The van der Waals surface area contributed by atoms with Crippen LogP contribution in [0.3, 0.4) is 0 Å². The molecule has 0 saturated heterocycles. The normalized spacial score (nSPS) is 9.95. The van der Waals surface area contributed by atoms with Crippen molar-refractivity contribution in [3.8, 4) is 5.75 Å². The van der Waals surface area contributed by atoms with Gasteiger partial charge in [0.1, 0.15) is 5.75 Å². The van der Waals surface area contributed by atoms with Crippen molar-refractivity contribution in [1.29, 1.82) is 0 Å². The molecular formula is C15H17N3O2. The van der Waals surface area contributed by atoms with E-state index in [0.717, 1.165) is 11.4 Å². The van der Waals surface area contributed by atoms with E-state index < -0.39 is 0 Å². The number of rotatable bonds is 4. The van der Waals surface area contributed by atoms with Gasteiger partial charge in [-0.15, -0.1) is 0 Å². The number of hydrogen-bond donors (Lipinski definition) is 2. The number of hydrogen-bond acceptors (Lipinski definition) is 4. The van der Waals surface area contributed by atoms with Crippen molar-refractivity contribution in [2.75, 3.05) is 24.5 Å². The van der Waals surface area contributed by atoms with Crippen LogP contribution >= 0.6 is 0 Å². The minimum atomic E-state index is -0.0955. The molecule has 0 unspecified atom stereocenters. The molecule has 0 aliphatic carbocycles. The van der Waals surface area contributed by atoms with Crippen LogP contribution in [0, 0.1) is 0 Å². The maximum absolute atomic E-state index is 12.4. The molecule has 0 aromatic heterocycles. The summed E-state index contributed by atoms with van der Waals surface area (Å²) in [5, 5.41) is 0. The van der Waals surface area contributed by atoms with Crippen LogP contribution in [0.2, 0.25) is 0 Å². The molecule has 5 heteroatoms. The summed E-state index contributed by atoms with van der Waals surface area (Å²) >= 11 is 0. The molecule has 2 aromatic rings. The van der Waals surface area contributed by atoms with Crippen LogP contribution in [0.5, 0.6) is 5.75 Å². The molecule has 5 nitrogen and oxygen atoms in total. The lowest BCUT2D eigenvalue weighted by molar-refractivity contribution is 0.0993. The molecule has 0 spiro atoms. The highest BCUT2D eigenvalue weighted by Crippen LogP contribution is 2.21. The van der Waals surface area contributed by atoms with Gasteiger partial charge in [-0.25, -0.2) is 0 Å². The summed E-state index contributed by atoms with van der Waals surface area (Å²) < 4.78 is 5.16. The van der Waals surface area contributed by atoms with Crippen LogP contribution in [0.4, 0.5) is 11.4 Å². The lowest BCUT2D eigenvalue weighted by Crippen LogP contribution is -2.26. The monoisotopic (exact) mass is 271 g/mol. The van der Waals surface area contributed by atoms with Crippen LogP contribution in [0.1, 0.15) is 10.4 Å². The number of carbonyl (C=O) groups excluding carboxylic acids is 1. The number of nitrogen functional groups attached to an aromatic ring is 1. The zero-order valence-corrected chi connectivity index (χ0v) is 11.5. The molecule has 0 heterocycles. The largest absolute Gasteiger partial charge is 0.497 e. The van der Waals surface area contributed by atoms with Crippen LogP contribution in [0.15, 0.2) is 48.5 Å². The average Bonchev–Trinajstić information content (AvgIpc) is 2.53. The molecule has 2 aromatic carbocycles. The summed E-state index contributed by atoms with van der Waals surface area (Å²) in [5.74, 6) is 5.92.